The SMILES string of the molecule is Cc1nn(C)c(C)c1NC(=O)CN[C@@H](c1ccc(C2CCCCC2)cc1)C(C)C. The summed E-state index contributed by atoms with van der Waals surface area (Å²) in [6.45, 7) is 8.55. The maximum atomic E-state index is 12.5. The van der Waals surface area contributed by atoms with Crippen LogP contribution in [0.3, 0.4) is 0 Å². The number of hydrogen-bond acceptors (Lipinski definition) is 3. The number of rotatable bonds is 7. The van der Waals surface area contributed by atoms with Crippen LogP contribution in [0, 0.1) is 19.8 Å². The summed E-state index contributed by atoms with van der Waals surface area (Å²) in [4.78, 5) is 12.5. The zero-order valence-electron chi connectivity index (χ0n) is 18.6. The van der Waals surface area contributed by atoms with E-state index in [1.54, 1.807) is 4.68 Å². The smallest absolute Gasteiger partial charge is 0.238 e. The number of aryl methyl sites for hydroxylation is 2. The van der Waals surface area contributed by atoms with Crippen molar-refractivity contribution < 1.29 is 4.79 Å². The molecule has 5 nitrogen and oxygen atoms in total. The second-order valence-corrected chi connectivity index (χ2v) is 8.82. The monoisotopic (exact) mass is 396 g/mol. The Morgan fingerprint density at radius 1 is 1.14 bits per heavy atom. The zero-order valence-corrected chi connectivity index (χ0v) is 18.6. The van der Waals surface area contributed by atoms with E-state index in [0.29, 0.717) is 5.92 Å². The van der Waals surface area contributed by atoms with E-state index in [1.807, 2.05) is 20.9 Å². The summed E-state index contributed by atoms with van der Waals surface area (Å²) in [6, 6.07) is 9.23. The fraction of sp³-hybridized carbons (Fsp3) is 0.583. The summed E-state index contributed by atoms with van der Waals surface area (Å²) < 4.78 is 1.79. The quantitative estimate of drug-likeness (QED) is 0.692. The van der Waals surface area contributed by atoms with E-state index in [0.717, 1.165) is 23.0 Å². The Bertz CT molecular complexity index is 816. The molecule has 1 heterocycles. The molecule has 1 aromatic carbocycles. The molecule has 5 heteroatoms. The van der Waals surface area contributed by atoms with Crippen LogP contribution in [0.15, 0.2) is 24.3 Å². The molecule has 158 valence electrons. The Hall–Kier alpha value is -2.14. The van der Waals surface area contributed by atoms with E-state index in [9.17, 15) is 4.79 Å². The van der Waals surface area contributed by atoms with Crippen LogP contribution in [0.1, 0.15) is 80.4 Å². The summed E-state index contributed by atoms with van der Waals surface area (Å²) in [6.07, 6.45) is 6.73. The summed E-state index contributed by atoms with van der Waals surface area (Å²) in [5, 5.41) is 10.8. The molecule has 29 heavy (non-hydrogen) atoms. The van der Waals surface area contributed by atoms with Crippen LogP contribution in [0.25, 0.3) is 0 Å². The Morgan fingerprint density at radius 3 is 2.34 bits per heavy atom. The van der Waals surface area contributed by atoms with Gasteiger partial charge in [-0.25, -0.2) is 0 Å². The molecule has 1 atom stereocenters. The van der Waals surface area contributed by atoms with Crippen molar-refractivity contribution in [2.75, 3.05) is 11.9 Å². The molecule has 1 aliphatic rings. The molecule has 2 N–H and O–H groups in total. The maximum absolute atomic E-state index is 12.5. The molecule has 1 amide bonds. The van der Waals surface area contributed by atoms with Crippen molar-refractivity contribution in [3.05, 3.63) is 46.8 Å². The largest absolute Gasteiger partial charge is 0.322 e. The first-order valence-corrected chi connectivity index (χ1v) is 11.0. The van der Waals surface area contributed by atoms with Crippen molar-refractivity contribution >= 4 is 11.6 Å². The molecule has 1 aliphatic carbocycles. The number of hydrogen-bond donors (Lipinski definition) is 2. The summed E-state index contributed by atoms with van der Waals surface area (Å²) >= 11 is 0. The van der Waals surface area contributed by atoms with E-state index < -0.39 is 0 Å². The van der Waals surface area contributed by atoms with Crippen LogP contribution in [-0.2, 0) is 11.8 Å². The number of nitrogens with zero attached hydrogens (tertiary/aromatic N) is 2. The van der Waals surface area contributed by atoms with Gasteiger partial charge in [-0.1, -0.05) is 57.4 Å². The number of amides is 1. The molecule has 0 bridgehead atoms. The number of carbonyl (C=O) groups excluding carboxylic acids is 1. The highest BCUT2D eigenvalue weighted by atomic mass is 16.1. The number of anilines is 1. The molecular formula is C24H36N4O. The molecular weight excluding hydrogens is 360 g/mol. The Labute approximate surface area is 175 Å². The lowest BCUT2D eigenvalue weighted by Crippen LogP contribution is -2.33. The van der Waals surface area contributed by atoms with Gasteiger partial charge in [0.05, 0.1) is 23.6 Å². The third-order valence-corrected chi connectivity index (χ3v) is 6.29. The Kier molecular flexibility index (Phi) is 7.12. The van der Waals surface area contributed by atoms with Crippen molar-refractivity contribution in [2.45, 2.75) is 71.8 Å². The third kappa shape index (κ3) is 5.27. The molecule has 1 aromatic heterocycles. The van der Waals surface area contributed by atoms with Crippen LogP contribution in [-0.4, -0.2) is 22.2 Å². The standard InChI is InChI=1S/C24H36N4O/c1-16(2)23(21-13-11-20(12-14-21)19-9-7-6-8-10-19)25-15-22(29)26-24-17(3)27-28(5)18(24)4/h11-14,16,19,23,25H,6-10,15H2,1-5H3,(H,26,29)/t23-/m1/s1. The lowest BCUT2D eigenvalue weighted by molar-refractivity contribution is -0.115. The van der Waals surface area contributed by atoms with Crippen LogP contribution in [0.2, 0.25) is 0 Å². The fourth-order valence-electron chi connectivity index (χ4n) is 4.49. The van der Waals surface area contributed by atoms with Crippen molar-refractivity contribution in [2.24, 2.45) is 13.0 Å². The van der Waals surface area contributed by atoms with E-state index in [1.165, 1.54) is 43.2 Å². The van der Waals surface area contributed by atoms with Gasteiger partial charge in [0.2, 0.25) is 5.91 Å². The minimum atomic E-state index is -0.0336. The molecule has 0 unspecified atom stereocenters. The molecule has 0 saturated heterocycles. The minimum absolute atomic E-state index is 0.0336. The van der Waals surface area contributed by atoms with Gasteiger partial charge in [-0.3, -0.25) is 9.48 Å². The van der Waals surface area contributed by atoms with Gasteiger partial charge in [0.25, 0.3) is 0 Å². The van der Waals surface area contributed by atoms with Crippen LogP contribution >= 0.6 is 0 Å². The fourth-order valence-corrected chi connectivity index (χ4v) is 4.49. The molecule has 0 radical (unpaired) electrons. The number of nitrogens with one attached hydrogen (secondary N) is 2. The van der Waals surface area contributed by atoms with Crippen molar-refractivity contribution in [1.82, 2.24) is 15.1 Å². The van der Waals surface area contributed by atoms with Crippen LogP contribution < -0.4 is 10.6 Å². The van der Waals surface area contributed by atoms with Gasteiger partial charge < -0.3 is 10.6 Å². The van der Waals surface area contributed by atoms with Gasteiger partial charge in [-0.15, -0.1) is 0 Å². The van der Waals surface area contributed by atoms with Crippen molar-refractivity contribution in [3.8, 4) is 0 Å². The average Bonchev–Trinajstić information content (AvgIpc) is 2.95. The number of carbonyl (C=O) groups is 1. The molecule has 1 fully saturated rings. The first-order valence-electron chi connectivity index (χ1n) is 11.0. The van der Waals surface area contributed by atoms with E-state index in [4.69, 9.17) is 0 Å². The van der Waals surface area contributed by atoms with Crippen LogP contribution in [0.5, 0.6) is 0 Å². The van der Waals surface area contributed by atoms with Gasteiger partial charge in [0.15, 0.2) is 0 Å². The van der Waals surface area contributed by atoms with E-state index in [2.05, 4.69) is 53.8 Å². The van der Waals surface area contributed by atoms with Gasteiger partial charge in [-0.2, -0.15) is 5.10 Å². The molecule has 0 spiro atoms. The van der Waals surface area contributed by atoms with Gasteiger partial charge >= 0.3 is 0 Å². The van der Waals surface area contributed by atoms with Crippen molar-refractivity contribution in [3.63, 3.8) is 0 Å². The lowest BCUT2D eigenvalue weighted by Gasteiger charge is -2.25. The predicted molar refractivity (Wildman–Crippen MR) is 119 cm³/mol. The molecule has 1 saturated carbocycles. The second-order valence-electron chi connectivity index (χ2n) is 8.82. The maximum Gasteiger partial charge on any atom is 0.238 e. The summed E-state index contributed by atoms with van der Waals surface area (Å²) in [5.41, 5.74) is 5.35. The first-order chi connectivity index (χ1) is 13.9. The predicted octanol–water partition coefficient (Wildman–Crippen LogP) is 5.01. The van der Waals surface area contributed by atoms with Crippen LogP contribution in [0.4, 0.5) is 5.69 Å². The van der Waals surface area contributed by atoms with E-state index >= 15 is 0 Å². The summed E-state index contributed by atoms with van der Waals surface area (Å²) in [5.74, 6) is 1.08. The Balaban J connectivity index is 1.61. The first kappa shape index (κ1) is 21.6. The molecule has 3 rings (SSSR count). The normalized spacial score (nSPS) is 16.2. The lowest BCUT2D eigenvalue weighted by atomic mass is 9.83. The summed E-state index contributed by atoms with van der Waals surface area (Å²) in [7, 11) is 1.89. The van der Waals surface area contributed by atoms with Gasteiger partial charge in [0.1, 0.15) is 0 Å². The van der Waals surface area contributed by atoms with Gasteiger partial charge in [0, 0.05) is 13.1 Å². The van der Waals surface area contributed by atoms with Crippen molar-refractivity contribution in [1.29, 1.82) is 0 Å². The average molecular weight is 397 g/mol. The van der Waals surface area contributed by atoms with Gasteiger partial charge in [-0.05, 0) is 49.7 Å². The van der Waals surface area contributed by atoms with E-state index in [-0.39, 0.29) is 18.5 Å². The molecule has 0 aliphatic heterocycles. The second kappa shape index (κ2) is 9.57. The Morgan fingerprint density at radius 2 is 1.79 bits per heavy atom. The molecule has 2 aromatic rings. The highest BCUT2D eigenvalue weighted by Crippen LogP contribution is 2.33. The number of aromatic nitrogens is 2. The highest BCUT2D eigenvalue weighted by Gasteiger charge is 2.20. The zero-order chi connectivity index (χ0) is 21.0. The number of benzene rings is 1. The third-order valence-electron chi connectivity index (χ3n) is 6.29. The minimum Gasteiger partial charge on any atom is -0.322 e. The highest BCUT2D eigenvalue weighted by molar-refractivity contribution is 5.93. The topological polar surface area (TPSA) is 59.0 Å².